The molecule has 15 heavy (non-hydrogen) atoms. The van der Waals surface area contributed by atoms with Gasteiger partial charge >= 0.3 is 0 Å². The summed E-state index contributed by atoms with van der Waals surface area (Å²) in [5.41, 5.74) is 8.04. The van der Waals surface area contributed by atoms with E-state index in [-0.39, 0.29) is 0 Å². The molecule has 0 aliphatic rings. The van der Waals surface area contributed by atoms with Crippen molar-refractivity contribution in [2.24, 2.45) is 5.92 Å². The smallest absolute Gasteiger partial charge is 0.0366 e. The molecule has 3 heteroatoms. The molecule has 0 aliphatic carbocycles. The van der Waals surface area contributed by atoms with E-state index in [1.54, 1.807) is 0 Å². The summed E-state index contributed by atoms with van der Waals surface area (Å²) in [6, 6.07) is 5.99. The Morgan fingerprint density at radius 1 is 1.40 bits per heavy atom. The van der Waals surface area contributed by atoms with Gasteiger partial charge in [-0.1, -0.05) is 35.8 Å². The van der Waals surface area contributed by atoms with Crippen molar-refractivity contribution in [3.8, 4) is 0 Å². The molecule has 1 nitrogen and oxygen atoms in total. The van der Waals surface area contributed by atoms with Gasteiger partial charge < -0.3 is 5.73 Å². The Balaban J connectivity index is 2.43. The average molecular weight is 288 g/mol. The van der Waals surface area contributed by atoms with E-state index in [2.05, 4.69) is 35.8 Å². The van der Waals surface area contributed by atoms with Gasteiger partial charge in [-0.25, -0.2) is 0 Å². The van der Waals surface area contributed by atoms with Crippen LogP contribution in [0.4, 0.5) is 5.69 Å². The first-order chi connectivity index (χ1) is 7.11. The van der Waals surface area contributed by atoms with Crippen molar-refractivity contribution < 1.29 is 0 Å². The van der Waals surface area contributed by atoms with Crippen molar-refractivity contribution in [3.05, 3.63) is 28.2 Å². The lowest BCUT2D eigenvalue weighted by Crippen LogP contribution is -1.95. The summed E-state index contributed by atoms with van der Waals surface area (Å²) in [5, 5.41) is 0. The SMILES string of the molecule is CC(C)CCSCc1c(N)cccc1Br. The standard InChI is InChI=1S/C12H18BrNS/c1-9(2)6-7-15-8-10-11(13)4-3-5-12(10)14/h3-5,9H,6-8,14H2,1-2H3. The number of nitrogens with two attached hydrogens (primary N) is 1. The zero-order chi connectivity index (χ0) is 11.3. The van der Waals surface area contributed by atoms with E-state index in [0.717, 1.165) is 21.8 Å². The van der Waals surface area contributed by atoms with E-state index in [1.165, 1.54) is 17.7 Å². The second-order valence-corrected chi connectivity index (χ2v) is 6.00. The summed E-state index contributed by atoms with van der Waals surface area (Å²) in [6.45, 7) is 4.51. The lowest BCUT2D eigenvalue weighted by atomic mass is 10.2. The number of anilines is 1. The number of thioether (sulfide) groups is 1. The summed E-state index contributed by atoms with van der Waals surface area (Å²) in [7, 11) is 0. The van der Waals surface area contributed by atoms with Crippen LogP contribution in [0.5, 0.6) is 0 Å². The van der Waals surface area contributed by atoms with Crippen LogP contribution in [-0.4, -0.2) is 5.75 Å². The zero-order valence-corrected chi connectivity index (χ0v) is 11.7. The van der Waals surface area contributed by atoms with Crippen molar-refractivity contribution in [1.29, 1.82) is 0 Å². The second kappa shape index (κ2) is 6.44. The third-order valence-electron chi connectivity index (χ3n) is 2.24. The molecular formula is C12H18BrNS. The number of hydrogen-bond donors (Lipinski definition) is 1. The van der Waals surface area contributed by atoms with Crippen molar-refractivity contribution in [2.45, 2.75) is 26.0 Å². The Bertz CT molecular complexity index is 292. The molecule has 0 heterocycles. The largest absolute Gasteiger partial charge is 0.398 e. The number of benzene rings is 1. The van der Waals surface area contributed by atoms with Gasteiger partial charge in [0.1, 0.15) is 0 Å². The highest BCUT2D eigenvalue weighted by Crippen LogP contribution is 2.27. The first-order valence-corrected chi connectivity index (χ1v) is 7.16. The maximum Gasteiger partial charge on any atom is 0.0366 e. The highest BCUT2D eigenvalue weighted by molar-refractivity contribution is 9.10. The van der Waals surface area contributed by atoms with Gasteiger partial charge in [0.2, 0.25) is 0 Å². The topological polar surface area (TPSA) is 26.0 Å². The third-order valence-corrected chi connectivity index (χ3v) is 4.00. The molecule has 84 valence electrons. The predicted molar refractivity (Wildman–Crippen MR) is 74.2 cm³/mol. The monoisotopic (exact) mass is 287 g/mol. The molecule has 0 radical (unpaired) electrons. The first-order valence-electron chi connectivity index (χ1n) is 5.22. The number of hydrogen-bond acceptors (Lipinski definition) is 2. The Morgan fingerprint density at radius 2 is 2.13 bits per heavy atom. The molecule has 1 aromatic rings. The first kappa shape index (κ1) is 12.9. The van der Waals surface area contributed by atoms with Crippen LogP contribution in [-0.2, 0) is 5.75 Å². The molecule has 0 aromatic heterocycles. The Hall–Kier alpha value is -0.150. The normalized spacial score (nSPS) is 10.9. The molecule has 0 unspecified atom stereocenters. The summed E-state index contributed by atoms with van der Waals surface area (Å²) < 4.78 is 1.12. The van der Waals surface area contributed by atoms with Crippen molar-refractivity contribution in [3.63, 3.8) is 0 Å². The minimum atomic E-state index is 0.786. The van der Waals surface area contributed by atoms with Crippen LogP contribution in [0.3, 0.4) is 0 Å². The van der Waals surface area contributed by atoms with Gasteiger partial charge in [0.05, 0.1) is 0 Å². The maximum atomic E-state index is 5.92. The fraction of sp³-hybridized carbons (Fsp3) is 0.500. The van der Waals surface area contributed by atoms with Gasteiger partial charge in [0.25, 0.3) is 0 Å². The Morgan fingerprint density at radius 3 is 2.73 bits per heavy atom. The molecule has 2 N–H and O–H groups in total. The maximum absolute atomic E-state index is 5.92. The van der Waals surface area contributed by atoms with E-state index < -0.39 is 0 Å². The second-order valence-electron chi connectivity index (χ2n) is 4.04. The molecule has 0 amide bonds. The highest BCUT2D eigenvalue weighted by atomic mass is 79.9. The number of halogens is 1. The Labute approximate surface area is 105 Å². The van der Waals surface area contributed by atoms with Crippen LogP contribution in [0.15, 0.2) is 22.7 Å². The van der Waals surface area contributed by atoms with Crippen LogP contribution in [0.25, 0.3) is 0 Å². The highest BCUT2D eigenvalue weighted by Gasteiger charge is 2.04. The zero-order valence-electron chi connectivity index (χ0n) is 9.29. The molecule has 0 saturated heterocycles. The molecule has 0 fully saturated rings. The van der Waals surface area contributed by atoms with Gasteiger partial charge in [-0.3, -0.25) is 0 Å². The van der Waals surface area contributed by atoms with Crippen LogP contribution >= 0.6 is 27.7 Å². The molecule has 0 spiro atoms. The van der Waals surface area contributed by atoms with Gasteiger partial charge in [-0.05, 0) is 35.8 Å². The van der Waals surface area contributed by atoms with Crippen molar-refractivity contribution >= 4 is 33.4 Å². The predicted octanol–water partition coefficient (Wildman–Crippen LogP) is 4.31. The van der Waals surface area contributed by atoms with Gasteiger partial charge in [0, 0.05) is 15.9 Å². The van der Waals surface area contributed by atoms with Crippen LogP contribution < -0.4 is 5.73 Å². The summed E-state index contributed by atoms with van der Waals surface area (Å²) >= 11 is 5.49. The van der Waals surface area contributed by atoms with Crippen molar-refractivity contribution in [2.75, 3.05) is 11.5 Å². The van der Waals surface area contributed by atoms with Crippen molar-refractivity contribution in [1.82, 2.24) is 0 Å². The molecule has 1 rings (SSSR count). The number of nitrogen functional groups attached to an aromatic ring is 1. The van der Waals surface area contributed by atoms with Gasteiger partial charge in [0.15, 0.2) is 0 Å². The fourth-order valence-corrected chi connectivity index (χ4v) is 3.24. The van der Waals surface area contributed by atoms with Crippen LogP contribution in [0.2, 0.25) is 0 Å². The minimum absolute atomic E-state index is 0.786. The molecule has 0 aliphatic heterocycles. The van der Waals surface area contributed by atoms with E-state index in [0.29, 0.717) is 0 Å². The summed E-state index contributed by atoms with van der Waals surface area (Å²) in [6.07, 6.45) is 1.27. The molecule has 1 aromatic carbocycles. The van der Waals surface area contributed by atoms with Crippen LogP contribution in [0, 0.1) is 5.92 Å². The fourth-order valence-electron chi connectivity index (χ4n) is 1.22. The van der Waals surface area contributed by atoms with E-state index >= 15 is 0 Å². The van der Waals surface area contributed by atoms with Crippen LogP contribution in [0.1, 0.15) is 25.8 Å². The van der Waals surface area contributed by atoms with E-state index in [1.807, 2.05) is 23.9 Å². The van der Waals surface area contributed by atoms with E-state index in [4.69, 9.17) is 5.73 Å². The van der Waals surface area contributed by atoms with Gasteiger partial charge in [-0.15, -0.1) is 0 Å². The average Bonchev–Trinajstić information content (AvgIpc) is 2.15. The lowest BCUT2D eigenvalue weighted by Gasteiger charge is -2.08. The summed E-state index contributed by atoms with van der Waals surface area (Å²) in [5.74, 6) is 2.99. The Kier molecular flexibility index (Phi) is 5.54. The quantitative estimate of drug-likeness (QED) is 0.645. The van der Waals surface area contributed by atoms with Gasteiger partial charge in [-0.2, -0.15) is 11.8 Å². The lowest BCUT2D eigenvalue weighted by molar-refractivity contribution is 0.632. The minimum Gasteiger partial charge on any atom is -0.398 e. The third kappa shape index (κ3) is 4.47. The molecular weight excluding hydrogens is 270 g/mol. The number of rotatable bonds is 5. The molecule has 0 bridgehead atoms. The summed E-state index contributed by atoms with van der Waals surface area (Å²) in [4.78, 5) is 0. The molecule has 0 atom stereocenters. The van der Waals surface area contributed by atoms with E-state index in [9.17, 15) is 0 Å². The molecule has 0 saturated carbocycles.